The Bertz CT molecular complexity index is 378. The Morgan fingerprint density at radius 3 is 3.12 bits per heavy atom. The van der Waals surface area contributed by atoms with Crippen molar-refractivity contribution in [1.82, 2.24) is 10.6 Å². The van der Waals surface area contributed by atoms with E-state index in [4.69, 9.17) is 4.42 Å². The molecule has 4 nitrogen and oxygen atoms in total. The minimum Gasteiger partial charge on any atom is -0.457 e. The molecule has 16 heavy (non-hydrogen) atoms. The second kappa shape index (κ2) is 5.01. The van der Waals surface area contributed by atoms with Gasteiger partial charge in [-0.15, -0.1) is 0 Å². The maximum atomic E-state index is 11.9. The van der Waals surface area contributed by atoms with Crippen LogP contribution in [-0.4, -0.2) is 25.0 Å². The predicted molar refractivity (Wildman–Crippen MR) is 64.3 cm³/mol. The van der Waals surface area contributed by atoms with Gasteiger partial charge in [-0.25, -0.2) is 0 Å². The molecule has 1 aliphatic rings. The van der Waals surface area contributed by atoms with Crippen molar-refractivity contribution in [2.24, 2.45) is 5.92 Å². The van der Waals surface area contributed by atoms with Crippen molar-refractivity contribution in [3.63, 3.8) is 0 Å². The van der Waals surface area contributed by atoms with E-state index in [9.17, 15) is 4.79 Å². The Morgan fingerprint density at radius 2 is 2.50 bits per heavy atom. The van der Waals surface area contributed by atoms with Gasteiger partial charge in [0.05, 0.1) is 5.56 Å². The Balaban J connectivity index is 1.96. The molecule has 2 unspecified atom stereocenters. The summed E-state index contributed by atoms with van der Waals surface area (Å²) in [4.78, 5) is 11.9. The van der Waals surface area contributed by atoms with Gasteiger partial charge in [0.1, 0.15) is 6.26 Å². The second-order valence-corrected chi connectivity index (χ2v) is 4.97. The third kappa shape index (κ3) is 2.65. The fraction of sp³-hybridized carbons (Fsp3) is 0.545. The number of carbonyl (C=O) groups excluding carboxylic acids is 1. The molecule has 2 heterocycles. The van der Waals surface area contributed by atoms with Gasteiger partial charge in [0.25, 0.3) is 5.91 Å². The highest BCUT2D eigenvalue weighted by Gasteiger charge is 2.23. The average molecular weight is 287 g/mol. The smallest absolute Gasteiger partial charge is 0.254 e. The molecule has 0 saturated carbocycles. The minimum absolute atomic E-state index is 0.0741. The number of furan rings is 1. The van der Waals surface area contributed by atoms with Gasteiger partial charge in [0, 0.05) is 18.7 Å². The maximum Gasteiger partial charge on any atom is 0.254 e. The summed E-state index contributed by atoms with van der Waals surface area (Å²) in [5, 5.41) is 6.30. The SMILES string of the molecule is CC1CCNCC1NC(=O)c1coc(Br)c1. The zero-order valence-corrected chi connectivity index (χ0v) is 10.7. The quantitative estimate of drug-likeness (QED) is 0.871. The first kappa shape index (κ1) is 11.7. The summed E-state index contributed by atoms with van der Waals surface area (Å²) in [6, 6.07) is 1.88. The van der Waals surface area contributed by atoms with Gasteiger partial charge in [-0.3, -0.25) is 4.79 Å². The Hall–Kier alpha value is -0.810. The number of carbonyl (C=O) groups is 1. The molecule has 1 aromatic rings. The molecule has 2 N–H and O–H groups in total. The molecular formula is C11H15BrN2O2. The predicted octanol–water partition coefficient (Wildman–Crippen LogP) is 1.77. The van der Waals surface area contributed by atoms with Crippen LogP contribution in [0.1, 0.15) is 23.7 Å². The van der Waals surface area contributed by atoms with Crippen molar-refractivity contribution < 1.29 is 9.21 Å². The third-order valence-electron chi connectivity index (χ3n) is 2.97. The van der Waals surface area contributed by atoms with Crippen LogP contribution in [0.2, 0.25) is 0 Å². The van der Waals surface area contributed by atoms with E-state index in [1.807, 2.05) is 0 Å². The fourth-order valence-electron chi connectivity index (χ4n) is 1.86. The lowest BCUT2D eigenvalue weighted by atomic mass is 9.94. The topological polar surface area (TPSA) is 54.3 Å². The van der Waals surface area contributed by atoms with Gasteiger partial charge in [-0.05, 0) is 34.8 Å². The molecule has 0 spiro atoms. The Morgan fingerprint density at radius 1 is 1.69 bits per heavy atom. The zero-order valence-electron chi connectivity index (χ0n) is 9.13. The molecule has 0 radical (unpaired) electrons. The average Bonchev–Trinajstić information content (AvgIpc) is 2.68. The zero-order chi connectivity index (χ0) is 11.5. The molecule has 1 fully saturated rings. The van der Waals surface area contributed by atoms with Crippen LogP contribution in [-0.2, 0) is 0 Å². The summed E-state index contributed by atoms with van der Waals surface area (Å²) in [6.45, 7) is 4.04. The maximum absolute atomic E-state index is 11.9. The van der Waals surface area contributed by atoms with E-state index in [1.165, 1.54) is 6.26 Å². The molecule has 2 rings (SSSR count). The van der Waals surface area contributed by atoms with Gasteiger partial charge < -0.3 is 15.1 Å². The van der Waals surface area contributed by atoms with Crippen molar-refractivity contribution in [3.8, 4) is 0 Å². The molecule has 88 valence electrons. The van der Waals surface area contributed by atoms with Crippen LogP contribution in [0.25, 0.3) is 0 Å². The van der Waals surface area contributed by atoms with Crippen LogP contribution in [0.5, 0.6) is 0 Å². The first-order chi connectivity index (χ1) is 7.66. The van der Waals surface area contributed by atoms with E-state index in [0.717, 1.165) is 19.5 Å². The number of halogens is 1. The molecule has 0 aromatic carbocycles. The van der Waals surface area contributed by atoms with E-state index in [0.29, 0.717) is 16.2 Å². The minimum atomic E-state index is -0.0741. The first-order valence-electron chi connectivity index (χ1n) is 5.42. The standard InChI is InChI=1S/C11H15BrN2O2/c1-7-2-3-13-5-9(7)14-11(15)8-4-10(12)16-6-8/h4,6-7,9,13H,2-3,5H2,1H3,(H,14,15). The lowest BCUT2D eigenvalue weighted by Gasteiger charge is -2.30. The summed E-state index contributed by atoms with van der Waals surface area (Å²) in [6.07, 6.45) is 2.56. The molecule has 5 heteroatoms. The van der Waals surface area contributed by atoms with E-state index >= 15 is 0 Å². The van der Waals surface area contributed by atoms with Crippen LogP contribution in [0.15, 0.2) is 21.4 Å². The molecule has 1 amide bonds. The van der Waals surface area contributed by atoms with Crippen LogP contribution >= 0.6 is 15.9 Å². The van der Waals surface area contributed by atoms with Crippen LogP contribution < -0.4 is 10.6 Å². The Kier molecular flexibility index (Phi) is 3.66. The van der Waals surface area contributed by atoms with Crippen molar-refractivity contribution in [2.75, 3.05) is 13.1 Å². The Labute approximate surface area is 103 Å². The van der Waals surface area contributed by atoms with Crippen molar-refractivity contribution >= 4 is 21.8 Å². The van der Waals surface area contributed by atoms with Gasteiger partial charge >= 0.3 is 0 Å². The highest BCUT2D eigenvalue weighted by molar-refractivity contribution is 9.10. The highest BCUT2D eigenvalue weighted by atomic mass is 79.9. The normalized spacial score (nSPS) is 25.4. The van der Waals surface area contributed by atoms with E-state index < -0.39 is 0 Å². The van der Waals surface area contributed by atoms with Gasteiger partial charge in [0.15, 0.2) is 4.67 Å². The highest BCUT2D eigenvalue weighted by Crippen LogP contribution is 2.16. The van der Waals surface area contributed by atoms with Crippen molar-refractivity contribution in [3.05, 3.63) is 22.6 Å². The van der Waals surface area contributed by atoms with Gasteiger partial charge in [0.2, 0.25) is 0 Å². The number of nitrogens with one attached hydrogen (secondary N) is 2. The first-order valence-corrected chi connectivity index (χ1v) is 6.21. The number of piperidine rings is 1. The van der Waals surface area contributed by atoms with Crippen molar-refractivity contribution in [2.45, 2.75) is 19.4 Å². The third-order valence-corrected chi connectivity index (χ3v) is 3.39. The number of rotatable bonds is 2. The number of hydrogen-bond donors (Lipinski definition) is 2. The largest absolute Gasteiger partial charge is 0.457 e. The van der Waals surface area contributed by atoms with E-state index in [-0.39, 0.29) is 11.9 Å². The number of amides is 1. The van der Waals surface area contributed by atoms with Crippen LogP contribution in [0.3, 0.4) is 0 Å². The molecule has 2 atom stereocenters. The van der Waals surface area contributed by atoms with Gasteiger partial charge in [-0.2, -0.15) is 0 Å². The van der Waals surface area contributed by atoms with Crippen molar-refractivity contribution in [1.29, 1.82) is 0 Å². The molecule has 0 aliphatic carbocycles. The van der Waals surface area contributed by atoms with E-state index in [2.05, 4.69) is 33.5 Å². The van der Waals surface area contributed by atoms with Crippen LogP contribution in [0, 0.1) is 5.92 Å². The lowest BCUT2D eigenvalue weighted by Crippen LogP contribution is -2.50. The van der Waals surface area contributed by atoms with Crippen LogP contribution in [0.4, 0.5) is 0 Å². The van der Waals surface area contributed by atoms with Gasteiger partial charge in [-0.1, -0.05) is 6.92 Å². The molecular weight excluding hydrogens is 272 g/mol. The monoisotopic (exact) mass is 286 g/mol. The number of hydrogen-bond acceptors (Lipinski definition) is 3. The fourth-order valence-corrected chi connectivity index (χ4v) is 2.20. The van der Waals surface area contributed by atoms with E-state index in [1.54, 1.807) is 6.07 Å². The second-order valence-electron chi connectivity index (χ2n) is 4.19. The summed E-state index contributed by atoms with van der Waals surface area (Å²) in [7, 11) is 0. The summed E-state index contributed by atoms with van der Waals surface area (Å²) in [5.74, 6) is 0.440. The molecule has 1 saturated heterocycles. The molecule has 0 bridgehead atoms. The molecule has 1 aromatic heterocycles. The summed E-state index contributed by atoms with van der Waals surface area (Å²) < 4.78 is 5.62. The lowest BCUT2D eigenvalue weighted by molar-refractivity contribution is 0.0914. The molecule has 1 aliphatic heterocycles. The summed E-state index contributed by atoms with van der Waals surface area (Å²) >= 11 is 3.18. The summed E-state index contributed by atoms with van der Waals surface area (Å²) in [5.41, 5.74) is 0.560.